The van der Waals surface area contributed by atoms with Gasteiger partial charge < -0.3 is 11.1 Å². The molecule has 1 heterocycles. The Morgan fingerprint density at radius 3 is 2.88 bits per heavy atom. The van der Waals surface area contributed by atoms with Crippen LogP contribution >= 0.6 is 27.3 Å². The maximum atomic E-state index is 6.31. The first-order valence-electron chi connectivity index (χ1n) is 6.44. The molecule has 17 heavy (non-hydrogen) atoms. The molecule has 4 heteroatoms. The molecule has 0 aromatic carbocycles. The first-order valence-corrected chi connectivity index (χ1v) is 8.11. The third-order valence-electron chi connectivity index (χ3n) is 4.51. The van der Waals surface area contributed by atoms with Gasteiger partial charge in [-0.15, -0.1) is 11.3 Å². The number of fused-ring (bicyclic) bond motifs is 2. The highest BCUT2D eigenvalue weighted by molar-refractivity contribution is 9.10. The SMILES string of the molecule is NC1C2CCC(C2)C1CNCc1sccc1Br. The molecular formula is C13H19BrN2S. The summed E-state index contributed by atoms with van der Waals surface area (Å²) in [6.07, 6.45) is 4.17. The number of hydrogen-bond acceptors (Lipinski definition) is 3. The fraction of sp³-hybridized carbons (Fsp3) is 0.692. The van der Waals surface area contributed by atoms with Gasteiger partial charge in [-0.25, -0.2) is 0 Å². The third kappa shape index (κ3) is 2.33. The zero-order valence-corrected chi connectivity index (χ0v) is 12.3. The van der Waals surface area contributed by atoms with Crippen LogP contribution < -0.4 is 11.1 Å². The van der Waals surface area contributed by atoms with Crippen LogP contribution in [0, 0.1) is 17.8 Å². The quantitative estimate of drug-likeness (QED) is 0.896. The number of rotatable bonds is 4. The van der Waals surface area contributed by atoms with E-state index in [0.717, 1.165) is 24.9 Å². The van der Waals surface area contributed by atoms with Gasteiger partial charge in [-0.05, 0) is 64.4 Å². The molecule has 3 N–H and O–H groups in total. The molecule has 0 aliphatic heterocycles. The minimum atomic E-state index is 0.452. The van der Waals surface area contributed by atoms with E-state index in [4.69, 9.17) is 5.73 Å². The Hall–Kier alpha value is 0.100. The van der Waals surface area contributed by atoms with Crippen molar-refractivity contribution in [3.8, 4) is 0 Å². The average molecular weight is 315 g/mol. The summed E-state index contributed by atoms with van der Waals surface area (Å²) in [5.41, 5.74) is 6.31. The number of thiophene rings is 1. The van der Waals surface area contributed by atoms with Gasteiger partial charge in [0.05, 0.1) is 0 Å². The fourth-order valence-corrected chi connectivity index (χ4v) is 5.02. The first kappa shape index (κ1) is 12.2. The Bertz CT molecular complexity index is 391. The summed E-state index contributed by atoms with van der Waals surface area (Å²) in [6, 6.07) is 2.57. The topological polar surface area (TPSA) is 38.0 Å². The third-order valence-corrected chi connectivity index (χ3v) is 6.44. The van der Waals surface area contributed by atoms with Gasteiger partial charge in [0.1, 0.15) is 0 Å². The molecule has 1 aromatic heterocycles. The Morgan fingerprint density at radius 1 is 1.41 bits per heavy atom. The second kappa shape index (κ2) is 5.00. The molecule has 0 spiro atoms. The van der Waals surface area contributed by atoms with Crippen molar-refractivity contribution in [3.05, 3.63) is 20.8 Å². The molecule has 1 aromatic rings. The van der Waals surface area contributed by atoms with Crippen LogP contribution in [0.25, 0.3) is 0 Å². The molecule has 2 nitrogen and oxygen atoms in total. The summed E-state index contributed by atoms with van der Waals surface area (Å²) in [7, 11) is 0. The predicted molar refractivity (Wildman–Crippen MR) is 76.0 cm³/mol. The molecule has 94 valence electrons. The lowest BCUT2D eigenvalue weighted by molar-refractivity contribution is 0.278. The van der Waals surface area contributed by atoms with Crippen molar-refractivity contribution < 1.29 is 0 Å². The standard InChI is InChI=1S/C13H19BrN2S/c14-11-3-4-17-12(11)7-16-6-10-8-1-2-9(5-8)13(10)15/h3-4,8-10,13,16H,1-2,5-7,15H2. The van der Waals surface area contributed by atoms with Crippen molar-refractivity contribution in [2.75, 3.05) is 6.54 Å². The number of nitrogens with one attached hydrogen (secondary N) is 1. The molecule has 4 unspecified atom stereocenters. The van der Waals surface area contributed by atoms with Crippen molar-refractivity contribution >= 4 is 27.3 Å². The molecule has 2 fully saturated rings. The molecule has 2 bridgehead atoms. The summed E-state index contributed by atoms with van der Waals surface area (Å²) < 4.78 is 1.23. The first-order chi connectivity index (χ1) is 8.25. The van der Waals surface area contributed by atoms with Gasteiger partial charge in [-0.1, -0.05) is 0 Å². The Labute approximate surface area is 115 Å². The van der Waals surface area contributed by atoms with Crippen LogP contribution in [0.2, 0.25) is 0 Å². The maximum absolute atomic E-state index is 6.31. The van der Waals surface area contributed by atoms with E-state index < -0.39 is 0 Å². The van der Waals surface area contributed by atoms with E-state index in [-0.39, 0.29) is 0 Å². The summed E-state index contributed by atoms with van der Waals surface area (Å²) in [6.45, 7) is 2.06. The van der Waals surface area contributed by atoms with Gasteiger partial charge >= 0.3 is 0 Å². The zero-order valence-electron chi connectivity index (χ0n) is 9.86. The Kier molecular flexibility index (Phi) is 3.57. The lowest BCUT2D eigenvalue weighted by Crippen LogP contribution is -2.41. The van der Waals surface area contributed by atoms with Crippen molar-refractivity contribution in [2.45, 2.75) is 31.8 Å². The lowest BCUT2D eigenvalue weighted by Gasteiger charge is -2.28. The minimum Gasteiger partial charge on any atom is -0.327 e. The molecule has 0 amide bonds. The fourth-order valence-electron chi connectivity index (χ4n) is 3.56. The maximum Gasteiger partial charge on any atom is 0.0327 e. The molecular weight excluding hydrogens is 296 g/mol. The lowest BCUT2D eigenvalue weighted by atomic mass is 9.85. The number of hydrogen-bond donors (Lipinski definition) is 2. The predicted octanol–water partition coefficient (Wildman–Crippen LogP) is 2.97. The van der Waals surface area contributed by atoms with E-state index in [1.54, 1.807) is 0 Å². The highest BCUT2D eigenvalue weighted by Gasteiger charge is 2.45. The molecule has 2 aliphatic rings. The van der Waals surface area contributed by atoms with Gasteiger partial charge in [-0.3, -0.25) is 0 Å². The average Bonchev–Trinajstić information content (AvgIpc) is 2.98. The molecule has 3 rings (SSSR count). The van der Waals surface area contributed by atoms with Crippen LogP contribution in [0.1, 0.15) is 24.1 Å². The summed E-state index contributed by atoms with van der Waals surface area (Å²) in [5, 5.41) is 5.72. The smallest absolute Gasteiger partial charge is 0.0327 e. The summed E-state index contributed by atoms with van der Waals surface area (Å²) in [5.74, 6) is 2.43. The van der Waals surface area contributed by atoms with Crippen LogP contribution in [0.15, 0.2) is 15.9 Å². The van der Waals surface area contributed by atoms with Gasteiger partial charge in [0.25, 0.3) is 0 Å². The van der Waals surface area contributed by atoms with Crippen molar-refractivity contribution in [3.63, 3.8) is 0 Å². The molecule has 0 saturated heterocycles. The van der Waals surface area contributed by atoms with Crippen LogP contribution in [-0.4, -0.2) is 12.6 Å². The van der Waals surface area contributed by atoms with E-state index >= 15 is 0 Å². The molecule has 0 radical (unpaired) electrons. The highest BCUT2D eigenvalue weighted by atomic mass is 79.9. The molecule has 2 saturated carbocycles. The summed E-state index contributed by atoms with van der Waals surface area (Å²) >= 11 is 5.38. The highest BCUT2D eigenvalue weighted by Crippen LogP contribution is 2.47. The summed E-state index contributed by atoms with van der Waals surface area (Å²) in [4.78, 5) is 1.39. The van der Waals surface area contributed by atoms with Crippen molar-refractivity contribution in [2.24, 2.45) is 23.5 Å². The monoisotopic (exact) mass is 314 g/mol. The second-order valence-corrected chi connectivity index (χ2v) is 7.25. The zero-order chi connectivity index (χ0) is 11.8. The number of halogens is 1. The van der Waals surface area contributed by atoms with E-state index in [9.17, 15) is 0 Å². The van der Waals surface area contributed by atoms with E-state index in [1.807, 2.05) is 11.3 Å². The normalized spacial score (nSPS) is 35.6. The minimum absolute atomic E-state index is 0.452. The van der Waals surface area contributed by atoms with E-state index in [2.05, 4.69) is 32.7 Å². The second-order valence-electron chi connectivity index (χ2n) is 5.40. The molecule has 2 aliphatic carbocycles. The van der Waals surface area contributed by atoms with Crippen LogP contribution in [0.5, 0.6) is 0 Å². The van der Waals surface area contributed by atoms with Crippen molar-refractivity contribution in [1.82, 2.24) is 5.32 Å². The van der Waals surface area contributed by atoms with Gasteiger partial charge in [0.15, 0.2) is 0 Å². The largest absolute Gasteiger partial charge is 0.327 e. The molecule has 4 atom stereocenters. The Balaban J connectivity index is 1.50. The van der Waals surface area contributed by atoms with E-state index in [0.29, 0.717) is 12.0 Å². The Morgan fingerprint density at radius 2 is 2.24 bits per heavy atom. The number of nitrogens with two attached hydrogens (primary N) is 1. The van der Waals surface area contributed by atoms with Gasteiger partial charge in [-0.2, -0.15) is 0 Å². The van der Waals surface area contributed by atoms with Crippen molar-refractivity contribution in [1.29, 1.82) is 0 Å². The van der Waals surface area contributed by atoms with Crippen LogP contribution in [0.3, 0.4) is 0 Å². The van der Waals surface area contributed by atoms with Crippen LogP contribution in [0.4, 0.5) is 0 Å². The van der Waals surface area contributed by atoms with Gasteiger partial charge in [0.2, 0.25) is 0 Å². The van der Waals surface area contributed by atoms with Crippen LogP contribution in [-0.2, 0) is 6.54 Å². The van der Waals surface area contributed by atoms with E-state index in [1.165, 1.54) is 28.6 Å². The van der Waals surface area contributed by atoms with Gasteiger partial charge in [0, 0.05) is 28.5 Å².